The average Bonchev–Trinajstić information content (AvgIpc) is 2.35. The summed E-state index contributed by atoms with van der Waals surface area (Å²) in [6.45, 7) is 10.9. The Bertz CT molecular complexity index is 392. The number of nitrogens with zero attached hydrogens (tertiary/aromatic N) is 2. The molecule has 0 aliphatic carbocycles. The summed E-state index contributed by atoms with van der Waals surface area (Å²) in [5.41, 5.74) is 1.32. The maximum atomic E-state index is 4.53. The van der Waals surface area contributed by atoms with Crippen LogP contribution in [0.15, 0.2) is 18.3 Å². The Kier molecular flexibility index (Phi) is 4.51. The van der Waals surface area contributed by atoms with Crippen LogP contribution in [0.5, 0.6) is 0 Å². The fourth-order valence-corrected chi connectivity index (χ4v) is 3.34. The number of hydrogen-bond donors (Lipinski definition) is 1. The lowest BCUT2D eigenvalue weighted by atomic mass is 10.1. The van der Waals surface area contributed by atoms with Gasteiger partial charge in [0.05, 0.1) is 0 Å². The molecule has 0 saturated carbocycles. The van der Waals surface area contributed by atoms with E-state index < -0.39 is 0 Å². The Labute approximate surface area is 114 Å². The van der Waals surface area contributed by atoms with Gasteiger partial charge >= 0.3 is 0 Å². The van der Waals surface area contributed by atoms with Crippen LogP contribution in [0.1, 0.15) is 26.3 Å². The first-order valence-electron chi connectivity index (χ1n) is 6.65. The zero-order valence-electron chi connectivity index (χ0n) is 11.6. The predicted octanol–water partition coefficient (Wildman–Crippen LogP) is 2.52. The summed E-state index contributed by atoms with van der Waals surface area (Å²) < 4.78 is 0.331. The second-order valence-corrected chi connectivity index (χ2v) is 7.13. The van der Waals surface area contributed by atoms with Gasteiger partial charge in [0.25, 0.3) is 0 Å². The smallest absolute Gasteiger partial charge is 0.128 e. The van der Waals surface area contributed by atoms with Crippen LogP contribution in [0.2, 0.25) is 0 Å². The average molecular weight is 265 g/mol. The molecule has 0 radical (unpaired) electrons. The number of pyridine rings is 1. The molecule has 4 heteroatoms. The van der Waals surface area contributed by atoms with Gasteiger partial charge in [-0.05, 0) is 38.1 Å². The molecule has 0 atom stereocenters. The van der Waals surface area contributed by atoms with Gasteiger partial charge < -0.3 is 10.2 Å². The molecule has 0 aromatic carbocycles. The predicted molar refractivity (Wildman–Crippen MR) is 80.4 cm³/mol. The molecule has 3 nitrogen and oxygen atoms in total. The number of aromatic nitrogens is 1. The van der Waals surface area contributed by atoms with Gasteiger partial charge in [0.2, 0.25) is 0 Å². The molecule has 100 valence electrons. The Morgan fingerprint density at radius 1 is 1.50 bits per heavy atom. The molecule has 2 rings (SSSR count). The Hall–Kier alpha value is -0.740. The normalized spacial score (nSPS) is 18.9. The summed E-state index contributed by atoms with van der Waals surface area (Å²) >= 11 is 2.06. The summed E-state index contributed by atoms with van der Waals surface area (Å²) in [6.07, 6.45) is 1.93. The van der Waals surface area contributed by atoms with Crippen molar-refractivity contribution >= 4 is 17.6 Å². The zero-order chi connectivity index (χ0) is 13.0. The van der Waals surface area contributed by atoms with E-state index in [1.165, 1.54) is 11.3 Å². The minimum Gasteiger partial charge on any atom is -0.354 e. The molecule has 1 fully saturated rings. The van der Waals surface area contributed by atoms with Crippen molar-refractivity contribution in [2.45, 2.75) is 32.1 Å². The van der Waals surface area contributed by atoms with E-state index in [1.54, 1.807) is 0 Å². The van der Waals surface area contributed by atoms with Crippen molar-refractivity contribution in [2.24, 2.45) is 0 Å². The maximum Gasteiger partial charge on any atom is 0.128 e. The molecule has 2 heterocycles. The molecule has 1 aromatic rings. The molecule has 0 amide bonds. The first kappa shape index (κ1) is 13.7. The van der Waals surface area contributed by atoms with E-state index >= 15 is 0 Å². The van der Waals surface area contributed by atoms with Crippen LogP contribution in [-0.2, 0) is 6.54 Å². The molecule has 0 bridgehead atoms. The van der Waals surface area contributed by atoms with Crippen molar-refractivity contribution in [1.82, 2.24) is 10.3 Å². The summed E-state index contributed by atoms with van der Waals surface area (Å²) in [4.78, 5) is 6.93. The fraction of sp³-hybridized carbons (Fsp3) is 0.643. The highest BCUT2D eigenvalue weighted by molar-refractivity contribution is 8.00. The number of anilines is 1. The van der Waals surface area contributed by atoms with E-state index in [-0.39, 0.29) is 0 Å². The van der Waals surface area contributed by atoms with Crippen LogP contribution in [0.3, 0.4) is 0 Å². The van der Waals surface area contributed by atoms with E-state index in [4.69, 9.17) is 0 Å². The topological polar surface area (TPSA) is 28.2 Å². The van der Waals surface area contributed by atoms with Crippen LogP contribution in [-0.4, -0.2) is 35.1 Å². The Morgan fingerprint density at radius 3 is 3.06 bits per heavy atom. The monoisotopic (exact) mass is 265 g/mol. The van der Waals surface area contributed by atoms with Crippen LogP contribution in [0, 0.1) is 0 Å². The fourth-order valence-electron chi connectivity index (χ4n) is 2.22. The van der Waals surface area contributed by atoms with Crippen molar-refractivity contribution < 1.29 is 0 Å². The molecule has 0 unspecified atom stereocenters. The van der Waals surface area contributed by atoms with Gasteiger partial charge in [-0.2, -0.15) is 11.8 Å². The third kappa shape index (κ3) is 3.62. The van der Waals surface area contributed by atoms with E-state index in [0.29, 0.717) is 4.75 Å². The lowest BCUT2D eigenvalue weighted by Crippen LogP contribution is -2.43. The van der Waals surface area contributed by atoms with E-state index in [1.807, 2.05) is 6.20 Å². The van der Waals surface area contributed by atoms with Gasteiger partial charge in [0.1, 0.15) is 5.82 Å². The van der Waals surface area contributed by atoms with E-state index in [2.05, 4.69) is 59.9 Å². The molecule has 1 saturated heterocycles. The highest BCUT2D eigenvalue weighted by Crippen LogP contribution is 2.31. The maximum absolute atomic E-state index is 4.53. The molecule has 18 heavy (non-hydrogen) atoms. The molecule has 1 aliphatic heterocycles. The molecular weight excluding hydrogens is 242 g/mol. The number of rotatable bonds is 4. The minimum atomic E-state index is 0.331. The van der Waals surface area contributed by atoms with Crippen LogP contribution >= 0.6 is 11.8 Å². The van der Waals surface area contributed by atoms with Gasteiger partial charge in [-0.15, -0.1) is 0 Å². The molecule has 1 aliphatic rings. The van der Waals surface area contributed by atoms with Gasteiger partial charge in [0, 0.05) is 36.3 Å². The van der Waals surface area contributed by atoms with Gasteiger partial charge in [-0.3, -0.25) is 0 Å². The number of nitrogens with one attached hydrogen (secondary N) is 1. The van der Waals surface area contributed by atoms with Crippen molar-refractivity contribution in [3.8, 4) is 0 Å². The highest BCUT2D eigenvalue weighted by Gasteiger charge is 2.27. The quantitative estimate of drug-likeness (QED) is 0.905. The van der Waals surface area contributed by atoms with Gasteiger partial charge in [0.15, 0.2) is 0 Å². The Balaban J connectivity index is 2.07. The minimum absolute atomic E-state index is 0.331. The van der Waals surface area contributed by atoms with Crippen molar-refractivity contribution in [3.05, 3.63) is 23.9 Å². The van der Waals surface area contributed by atoms with E-state index in [0.717, 1.165) is 32.0 Å². The largest absolute Gasteiger partial charge is 0.354 e. The van der Waals surface area contributed by atoms with Crippen LogP contribution in [0.25, 0.3) is 0 Å². The van der Waals surface area contributed by atoms with Gasteiger partial charge in [-0.25, -0.2) is 4.98 Å². The number of thioether (sulfide) groups is 1. The lowest BCUT2D eigenvalue weighted by Gasteiger charge is -2.38. The first-order chi connectivity index (χ1) is 8.61. The molecule has 0 spiro atoms. The van der Waals surface area contributed by atoms with Crippen molar-refractivity contribution in [2.75, 3.05) is 30.3 Å². The first-order valence-corrected chi connectivity index (χ1v) is 7.64. The standard InChI is InChI=1S/C14H23N3S/c1-4-15-10-12-5-6-16-13(9-12)17-7-8-18-14(2,3)11-17/h5-6,9,15H,4,7-8,10-11H2,1-3H3. The zero-order valence-corrected chi connectivity index (χ0v) is 12.4. The third-order valence-corrected chi connectivity index (χ3v) is 4.44. The third-order valence-electron chi connectivity index (χ3n) is 3.14. The van der Waals surface area contributed by atoms with Crippen molar-refractivity contribution in [3.63, 3.8) is 0 Å². The summed E-state index contributed by atoms with van der Waals surface area (Å²) in [5.74, 6) is 2.31. The molecular formula is C14H23N3S. The summed E-state index contributed by atoms with van der Waals surface area (Å²) in [6, 6.07) is 4.31. The van der Waals surface area contributed by atoms with Crippen molar-refractivity contribution in [1.29, 1.82) is 0 Å². The highest BCUT2D eigenvalue weighted by atomic mass is 32.2. The molecule has 1 aromatic heterocycles. The Morgan fingerprint density at radius 2 is 2.33 bits per heavy atom. The molecule has 1 N–H and O–H groups in total. The summed E-state index contributed by atoms with van der Waals surface area (Å²) in [7, 11) is 0. The second kappa shape index (κ2) is 5.93. The van der Waals surface area contributed by atoms with Gasteiger partial charge in [-0.1, -0.05) is 6.92 Å². The number of hydrogen-bond acceptors (Lipinski definition) is 4. The van der Waals surface area contributed by atoms with E-state index in [9.17, 15) is 0 Å². The SMILES string of the molecule is CCNCc1ccnc(N2CCSC(C)(C)C2)c1. The second-order valence-electron chi connectivity index (χ2n) is 5.33. The van der Waals surface area contributed by atoms with Crippen LogP contribution in [0.4, 0.5) is 5.82 Å². The summed E-state index contributed by atoms with van der Waals surface area (Å²) in [5, 5.41) is 3.36. The van der Waals surface area contributed by atoms with Crippen LogP contribution < -0.4 is 10.2 Å². The lowest BCUT2D eigenvalue weighted by molar-refractivity contribution is 0.641.